The van der Waals surface area contributed by atoms with Crippen molar-refractivity contribution in [1.29, 1.82) is 0 Å². The Morgan fingerprint density at radius 3 is 2.36 bits per heavy atom. The van der Waals surface area contributed by atoms with Crippen LogP contribution in [0.3, 0.4) is 0 Å². The van der Waals surface area contributed by atoms with Crippen molar-refractivity contribution in [3.63, 3.8) is 0 Å². The molecule has 0 bridgehead atoms. The summed E-state index contributed by atoms with van der Waals surface area (Å²) in [5.74, 6) is 0. The maximum absolute atomic E-state index is 12.6. The Morgan fingerprint density at radius 1 is 1.36 bits per heavy atom. The Balaban J connectivity index is 2.20. The number of nitrogens with zero attached hydrogens (tertiary/aromatic N) is 1. The fraction of sp³-hybridized carbons (Fsp3) is 0.538. The molecule has 9 heteroatoms. The van der Waals surface area contributed by atoms with E-state index in [2.05, 4.69) is 15.9 Å². The number of halogens is 4. The lowest BCUT2D eigenvalue weighted by molar-refractivity contribution is -0.295. The molecule has 124 valence electrons. The zero-order chi connectivity index (χ0) is 16.9. The van der Waals surface area contributed by atoms with Gasteiger partial charge in [-0.3, -0.25) is 0 Å². The van der Waals surface area contributed by atoms with Crippen molar-refractivity contribution in [2.75, 3.05) is 7.05 Å². The van der Waals surface area contributed by atoms with Crippen molar-refractivity contribution in [2.45, 2.75) is 42.5 Å². The summed E-state index contributed by atoms with van der Waals surface area (Å²) in [6, 6.07) is 3.53. The van der Waals surface area contributed by atoms with Crippen LogP contribution in [0.25, 0.3) is 0 Å². The normalized spacial score (nSPS) is 26.1. The molecule has 1 saturated carbocycles. The van der Waals surface area contributed by atoms with Gasteiger partial charge in [-0.25, -0.2) is 8.42 Å². The molecule has 0 aliphatic heterocycles. The molecule has 0 unspecified atom stereocenters. The third-order valence-electron chi connectivity index (χ3n) is 3.99. The predicted molar refractivity (Wildman–Crippen MR) is 77.9 cm³/mol. The number of rotatable bonds is 3. The van der Waals surface area contributed by atoms with E-state index >= 15 is 0 Å². The van der Waals surface area contributed by atoms with Crippen LogP contribution in [-0.4, -0.2) is 42.7 Å². The van der Waals surface area contributed by atoms with Gasteiger partial charge in [0.15, 0.2) is 5.60 Å². The number of aryl methyl sites for hydroxylation is 1. The lowest BCUT2D eigenvalue weighted by Crippen LogP contribution is -2.62. The molecule has 1 aromatic carbocycles. The Morgan fingerprint density at radius 2 is 1.91 bits per heavy atom. The van der Waals surface area contributed by atoms with Gasteiger partial charge in [-0.1, -0.05) is 15.9 Å². The highest BCUT2D eigenvalue weighted by atomic mass is 79.9. The summed E-state index contributed by atoms with van der Waals surface area (Å²) in [6.45, 7) is 1.72. The van der Waals surface area contributed by atoms with Crippen LogP contribution >= 0.6 is 15.9 Å². The van der Waals surface area contributed by atoms with E-state index in [0.717, 1.165) is 8.78 Å². The molecule has 0 saturated heterocycles. The lowest BCUT2D eigenvalue weighted by Gasteiger charge is -2.47. The molecular weight excluding hydrogens is 387 g/mol. The van der Waals surface area contributed by atoms with E-state index < -0.39 is 40.7 Å². The van der Waals surface area contributed by atoms with Gasteiger partial charge in [0.25, 0.3) is 0 Å². The Labute approximate surface area is 135 Å². The molecule has 2 rings (SSSR count). The van der Waals surface area contributed by atoms with Crippen LogP contribution in [0, 0.1) is 6.92 Å². The minimum Gasteiger partial charge on any atom is -0.380 e. The quantitative estimate of drug-likeness (QED) is 0.846. The number of hydrogen-bond donors (Lipinski definition) is 1. The molecule has 1 aliphatic carbocycles. The second-order valence-corrected chi connectivity index (χ2v) is 8.38. The van der Waals surface area contributed by atoms with Gasteiger partial charge in [0.1, 0.15) is 0 Å². The molecule has 0 heterocycles. The first-order chi connectivity index (χ1) is 9.88. The SMILES string of the molecule is Cc1cc(S(=O)(=O)N(C)[C@H]2C[C@](O)(C(F)(F)F)C2)ccc1Br. The minimum absolute atomic E-state index is 0.0122. The number of aliphatic hydroxyl groups is 1. The van der Waals surface area contributed by atoms with Crippen molar-refractivity contribution in [1.82, 2.24) is 4.31 Å². The van der Waals surface area contributed by atoms with E-state index in [1.54, 1.807) is 13.0 Å². The zero-order valence-corrected chi connectivity index (χ0v) is 14.3. The summed E-state index contributed by atoms with van der Waals surface area (Å²) < 4.78 is 64.4. The molecule has 1 N–H and O–H groups in total. The molecule has 0 atom stereocenters. The Kier molecular flexibility index (Phi) is 4.40. The van der Waals surface area contributed by atoms with Crippen molar-refractivity contribution in [2.24, 2.45) is 0 Å². The molecule has 22 heavy (non-hydrogen) atoms. The van der Waals surface area contributed by atoms with Gasteiger partial charge in [-0.05, 0) is 30.7 Å². The van der Waals surface area contributed by atoms with Gasteiger partial charge in [0.05, 0.1) is 4.90 Å². The fourth-order valence-electron chi connectivity index (χ4n) is 2.35. The van der Waals surface area contributed by atoms with Crippen LogP contribution in [0.2, 0.25) is 0 Å². The first-order valence-electron chi connectivity index (χ1n) is 6.42. The van der Waals surface area contributed by atoms with Crippen LogP contribution < -0.4 is 0 Å². The van der Waals surface area contributed by atoms with Gasteiger partial charge in [0.2, 0.25) is 10.0 Å². The van der Waals surface area contributed by atoms with Gasteiger partial charge in [-0.15, -0.1) is 0 Å². The molecule has 4 nitrogen and oxygen atoms in total. The molecule has 1 fully saturated rings. The molecule has 1 aromatic rings. The highest BCUT2D eigenvalue weighted by molar-refractivity contribution is 9.10. The zero-order valence-electron chi connectivity index (χ0n) is 11.9. The van der Waals surface area contributed by atoms with E-state index in [4.69, 9.17) is 0 Å². The van der Waals surface area contributed by atoms with Crippen molar-refractivity contribution < 1.29 is 26.7 Å². The van der Waals surface area contributed by atoms with Gasteiger partial charge in [0, 0.05) is 30.4 Å². The van der Waals surface area contributed by atoms with Crippen LogP contribution in [0.5, 0.6) is 0 Å². The molecule has 0 aromatic heterocycles. The van der Waals surface area contributed by atoms with E-state index in [0.29, 0.717) is 5.56 Å². The summed E-state index contributed by atoms with van der Waals surface area (Å²) in [6.07, 6.45) is -6.05. The first-order valence-corrected chi connectivity index (χ1v) is 8.65. The summed E-state index contributed by atoms with van der Waals surface area (Å²) >= 11 is 3.26. The molecule has 0 spiro atoms. The van der Waals surface area contributed by atoms with E-state index in [1.807, 2.05) is 0 Å². The summed E-state index contributed by atoms with van der Waals surface area (Å²) in [4.78, 5) is 0.0122. The minimum atomic E-state index is -4.75. The number of hydrogen-bond acceptors (Lipinski definition) is 3. The average molecular weight is 402 g/mol. The maximum atomic E-state index is 12.6. The standard InChI is InChI=1S/C13H15BrF3NO3S/c1-8-5-10(3-4-11(8)14)22(20,21)18(2)9-6-12(19,7-9)13(15,16)17/h3-5,9,19H,6-7H2,1-2H3/t9-,12+. The number of alkyl halides is 3. The second kappa shape index (κ2) is 5.47. The van der Waals surface area contributed by atoms with Crippen LogP contribution in [0.1, 0.15) is 18.4 Å². The summed E-state index contributed by atoms with van der Waals surface area (Å²) in [5.41, 5.74) is -2.09. The number of sulfonamides is 1. The van der Waals surface area contributed by atoms with Crippen LogP contribution in [0.4, 0.5) is 13.2 Å². The molecule has 0 radical (unpaired) electrons. The fourth-order valence-corrected chi connectivity index (χ4v) is 4.03. The molecule has 1 aliphatic rings. The summed E-state index contributed by atoms with van der Waals surface area (Å²) in [7, 11) is -2.67. The number of benzene rings is 1. The van der Waals surface area contributed by atoms with Crippen molar-refractivity contribution in [3.05, 3.63) is 28.2 Å². The third kappa shape index (κ3) is 2.91. The van der Waals surface area contributed by atoms with Gasteiger partial charge < -0.3 is 5.11 Å². The highest BCUT2D eigenvalue weighted by Gasteiger charge is 2.62. The first kappa shape index (κ1) is 17.7. The average Bonchev–Trinajstić information content (AvgIpc) is 2.35. The second-order valence-electron chi connectivity index (χ2n) is 5.52. The maximum Gasteiger partial charge on any atom is 0.417 e. The van der Waals surface area contributed by atoms with E-state index in [1.165, 1.54) is 19.2 Å². The van der Waals surface area contributed by atoms with Crippen molar-refractivity contribution in [3.8, 4) is 0 Å². The Bertz CT molecular complexity index is 684. The highest BCUT2D eigenvalue weighted by Crippen LogP contribution is 2.47. The smallest absolute Gasteiger partial charge is 0.380 e. The monoisotopic (exact) mass is 401 g/mol. The Hall–Kier alpha value is -0.640. The van der Waals surface area contributed by atoms with Gasteiger partial charge in [-0.2, -0.15) is 17.5 Å². The van der Waals surface area contributed by atoms with Crippen LogP contribution in [0.15, 0.2) is 27.6 Å². The van der Waals surface area contributed by atoms with E-state index in [-0.39, 0.29) is 4.90 Å². The lowest BCUT2D eigenvalue weighted by atomic mass is 9.75. The largest absolute Gasteiger partial charge is 0.417 e. The molecular formula is C13H15BrF3NO3S. The van der Waals surface area contributed by atoms with Gasteiger partial charge >= 0.3 is 6.18 Å². The predicted octanol–water partition coefficient (Wildman–Crippen LogP) is 2.83. The molecule has 0 amide bonds. The van der Waals surface area contributed by atoms with Crippen LogP contribution in [-0.2, 0) is 10.0 Å². The van der Waals surface area contributed by atoms with Crippen molar-refractivity contribution >= 4 is 26.0 Å². The third-order valence-corrected chi connectivity index (χ3v) is 6.79. The summed E-state index contributed by atoms with van der Waals surface area (Å²) in [5, 5.41) is 9.43. The van der Waals surface area contributed by atoms with E-state index in [9.17, 15) is 26.7 Å². The topological polar surface area (TPSA) is 57.6 Å².